The van der Waals surface area contributed by atoms with Gasteiger partial charge in [0.1, 0.15) is 5.70 Å². The SMILES string of the molecule is CN1C=c2ccccc2=C2NN(c3ccc(Cl)cc3)C(O)=C21. The first-order chi connectivity index (χ1) is 10.6. The van der Waals surface area contributed by atoms with Crippen molar-refractivity contribution in [2.75, 3.05) is 12.1 Å². The topological polar surface area (TPSA) is 38.7 Å². The minimum absolute atomic E-state index is 0.172. The minimum Gasteiger partial charge on any atom is -0.492 e. The molecule has 2 heterocycles. The molecular formula is C17H14ClN3O. The largest absolute Gasteiger partial charge is 0.492 e. The highest BCUT2D eigenvalue weighted by atomic mass is 35.5. The number of aliphatic hydroxyl groups excluding tert-OH is 1. The maximum atomic E-state index is 10.6. The van der Waals surface area contributed by atoms with E-state index in [9.17, 15) is 5.11 Å². The summed E-state index contributed by atoms with van der Waals surface area (Å²) in [6.07, 6.45) is 2.01. The zero-order valence-corrected chi connectivity index (χ0v) is 12.7. The fourth-order valence-electron chi connectivity index (χ4n) is 2.84. The number of anilines is 1. The molecule has 0 fully saturated rings. The smallest absolute Gasteiger partial charge is 0.237 e. The Labute approximate surface area is 132 Å². The lowest BCUT2D eigenvalue weighted by molar-refractivity contribution is 0.376. The van der Waals surface area contributed by atoms with Crippen LogP contribution in [0.5, 0.6) is 0 Å². The van der Waals surface area contributed by atoms with Crippen LogP contribution in [0.3, 0.4) is 0 Å². The number of aliphatic hydroxyl groups is 1. The van der Waals surface area contributed by atoms with Crippen LogP contribution >= 0.6 is 11.6 Å². The second-order valence-corrected chi connectivity index (χ2v) is 5.73. The molecule has 2 aliphatic heterocycles. The quantitative estimate of drug-likeness (QED) is 0.843. The molecular weight excluding hydrogens is 298 g/mol. The summed E-state index contributed by atoms with van der Waals surface area (Å²) in [7, 11) is 1.93. The Balaban J connectivity index is 1.90. The van der Waals surface area contributed by atoms with Crippen molar-refractivity contribution in [3.05, 3.63) is 75.6 Å². The number of halogens is 1. The third kappa shape index (κ3) is 1.84. The molecule has 2 N–H and O–H groups in total. The van der Waals surface area contributed by atoms with Gasteiger partial charge in [-0.1, -0.05) is 35.9 Å². The van der Waals surface area contributed by atoms with E-state index in [-0.39, 0.29) is 5.88 Å². The van der Waals surface area contributed by atoms with Gasteiger partial charge < -0.3 is 10.0 Å². The van der Waals surface area contributed by atoms with Crippen molar-refractivity contribution in [2.24, 2.45) is 0 Å². The van der Waals surface area contributed by atoms with E-state index in [1.54, 1.807) is 17.1 Å². The van der Waals surface area contributed by atoms with Gasteiger partial charge in [0.05, 0.1) is 11.4 Å². The standard InChI is InChI=1S/C17H14ClN3O/c1-20-10-11-4-2-3-5-14(11)15-16(20)17(22)21(19-15)13-8-6-12(18)7-9-13/h2-10,19,22H,1H3. The number of hydrogen-bond donors (Lipinski definition) is 2. The molecule has 0 radical (unpaired) electrons. The molecule has 0 atom stereocenters. The zero-order valence-electron chi connectivity index (χ0n) is 11.9. The van der Waals surface area contributed by atoms with Crippen molar-refractivity contribution in [2.45, 2.75) is 0 Å². The zero-order chi connectivity index (χ0) is 15.3. The summed E-state index contributed by atoms with van der Waals surface area (Å²) >= 11 is 5.93. The summed E-state index contributed by atoms with van der Waals surface area (Å²) in [6.45, 7) is 0. The van der Waals surface area contributed by atoms with Crippen LogP contribution in [-0.4, -0.2) is 17.1 Å². The van der Waals surface area contributed by atoms with Crippen molar-refractivity contribution in [1.82, 2.24) is 10.3 Å². The van der Waals surface area contributed by atoms with Crippen molar-refractivity contribution < 1.29 is 5.11 Å². The summed E-state index contributed by atoms with van der Waals surface area (Å²) in [4.78, 5) is 1.93. The van der Waals surface area contributed by atoms with Crippen LogP contribution < -0.4 is 20.9 Å². The molecule has 4 rings (SSSR count). The molecule has 22 heavy (non-hydrogen) atoms. The monoisotopic (exact) mass is 311 g/mol. The Morgan fingerprint density at radius 2 is 1.77 bits per heavy atom. The normalized spacial score (nSPS) is 16.2. The Morgan fingerprint density at radius 3 is 2.55 bits per heavy atom. The maximum Gasteiger partial charge on any atom is 0.237 e. The Hall–Kier alpha value is -2.59. The molecule has 0 unspecified atom stereocenters. The third-order valence-corrected chi connectivity index (χ3v) is 4.14. The fourth-order valence-corrected chi connectivity index (χ4v) is 2.97. The van der Waals surface area contributed by atoms with Gasteiger partial charge in [0.15, 0.2) is 0 Å². The van der Waals surface area contributed by atoms with E-state index in [0.717, 1.165) is 27.5 Å². The number of hydrazine groups is 1. The van der Waals surface area contributed by atoms with E-state index in [1.165, 1.54) is 0 Å². The van der Waals surface area contributed by atoms with Gasteiger partial charge in [-0.3, -0.25) is 5.43 Å². The summed E-state index contributed by atoms with van der Waals surface area (Å²) in [5.41, 5.74) is 5.76. The molecule has 0 saturated heterocycles. The van der Waals surface area contributed by atoms with E-state index in [4.69, 9.17) is 11.6 Å². The predicted molar refractivity (Wildman–Crippen MR) is 88.0 cm³/mol. The highest BCUT2D eigenvalue weighted by Crippen LogP contribution is 2.30. The fraction of sp³-hybridized carbons (Fsp3) is 0.0588. The molecule has 110 valence electrons. The Morgan fingerprint density at radius 1 is 1.05 bits per heavy atom. The maximum absolute atomic E-state index is 10.6. The van der Waals surface area contributed by atoms with Crippen LogP contribution in [0.25, 0.3) is 11.9 Å². The third-order valence-electron chi connectivity index (χ3n) is 3.88. The van der Waals surface area contributed by atoms with Gasteiger partial charge in [-0.15, -0.1) is 0 Å². The van der Waals surface area contributed by atoms with Crippen molar-refractivity contribution in [1.29, 1.82) is 0 Å². The number of fused-ring (bicyclic) bond motifs is 2. The van der Waals surface area contributed by atoms with E-state index in [0.29, 0.717) is 5.02 Å². The molecule has 4 nitrogen and oxygen atoms in total. The van der Waals surface area contributed by atoms with Crippen LogP contribution in [0.2, 0.25) is 5.02 Å². The second kappa shape index (κ2) is 4.71. The number of hydrogen-bond acceptors (Lipinski definition) is 4. The van der Waals surface area contributed by atoms with Gasteiger partial charge in [-0.05, 0) is 24.3 Å². The van der Waals surface area contributed by atoms with Gasteiger partial charge >= 0.3 is 0 Å². The summed E-state index contributed by atoms with van der Waals surface area (Å²) < 4.78 is 0. The summed E-state index contributed by atoms with van der Waals surface area (Å²) in [5.74, 6) is 0.172. The first kappa shape index (κ1) is 13.1. The van der Waals surface area contributed by atoms with Gasteiger partial charge in [-0.2, -0.15) is 0 Å². The van der Waals surface area contributed by atoms with E-state index < -0.39 is 0 Å². The van der Waals surface area contributed by atoms with Crippen molar-refractivity contribution in [3.8, 4) is 0 Å². The predicted octanol–water partition coefficient (Wildman–Crippen LogP) is 1.88. The lowest BCUT2D eigenvalue weighted by atomic mass is 10.1. The Bertz CT molecular complexity index is 902. The number of rotatable bonds is 1. The molecule has 0 amide bonds. The average molecular weight is 312 g/mol. The lowest BCUT2D eigenvalue weighted by Crippen LogP contribution is -2.40. The molecule has 0 bridgehead atoms. The summed E-state index contributed by atoms with van der Waals surface area (Å²) in [5, 5.41) is 15.1. The Kier molecular flexibility index (Phi) is 2.81. The van der Waals surface area contributed by atoms with Crippen LogP contribution in [0, 0.1) is 0 Å². The number of nitrogens with zero attached hydrogens (tertiary/aromatic N) is 2. The highest BCUT2D eigenvalue weighted by Gasteiger charge is 2.31. The molecule has 2 aromatic carbocycles. The number of nitrogens with one attached hydrogen (secondary N) is 1. The van der Waals surface area contributed by atoms with Crippen molar-refractivity contribution in [3.63, 3.8) is 0 Å². The lowest BCUT2D eigenvalue weighted by Gasteiger charge is -2.20. The van der Waals surface area contributed by atoms with Crippen LogP contribution in [-0.2, 0) is 0 Å². The van der Waals surface area contributed by atoms with E-state index in [1.807, 2.05) is 48.5 Å². The van der Waals surface area contributed by atoms with Crippen molar-refractivity contribution >= 4 is 29.2 Å². The molecule has 0 aromatic heterocycles. The molecule has 5 heteroatoms. The highest BCUT2D eigenvalue weighted by molar-refractivity contribution is 6.30. The van der Waals surface area contributed by atoms with Gasteiger partial charge in [-0.25, -0.2) is 5.01 Å². The van der Waals surface area contributed by atoms with E-state index in [2.05, 4.69) is 11.5 Å². The first-order valence-corrected chi connectivity index (χ1v) is 7.33. The molecule has 0 saturated carbocycles. The average Bonchev–Trinajstić information content (AvgIpc) is 2.87. The molecule has 0 spiro atoms. The molecule has 2 aliphatic rings. The minimum atomic E-state index is 0.172. The first-order valence-electron chi connectivity index (χ1n) is 6.95. The van der Waals surface area contributed by atoms with Gasteiger partial charge in [0, 0.05) is 28.7 Å². The van der Waals surface area contributed by atoms with E-state index >= 15 is 0 Å². The van der Waals surface area contributed by atoms with Gasteiger partial charge in [0.2, 0.25) is 5.88 Å². The second-order valence-electron chi connectivity index (χ2n) is 5.30. The van der Waals surface area contributed by atoms with Crippen LogP contribution in [0.15, 0.2) is 60.1 Å². The number of likely N-dealkylation sites (N-methyl/N-ethyl adjacent to an activating group) is 1. The molecule has 0 aliphatic carbocycles. The summed E-state index contributed by atoms with van der Waals surface area (Å²) in [6, 6.07) is 15.4. The number of benzene rings is 2. The van der Waals surface area contributed by atoms with Crippen LogP contribution in [0.4, 0.5) is 5.69 Å². The van der Waals surface area contributed by atoms with Gasteiger partial charge in [0.25, 0.3) is 0 Å². The van der Waals surface area contributed by atoms with Crippen LogP contribution in [0.1, 0.15) is 0 Å². The molecule has 2 aromatic rings.